The first-order valence-corrected chi connectivity index (χ1v) is 4.88. The average molecular weight is 204 g/mol. The van der Waals surface area contributed by atoms with Crippen LogP contribution in [-0.4, -0.2) is 22.3 Å². The van der Waals surface area contributed by atoms with E-state index < -0.39 is 26.8 Å². The van der Waals surface area contributed by atoms with E-state index >= 15 is 0 Å². The van der Waals surface area contributed by atoms with Crippen molar-refractivity contribution in [1.82, 2.24) is 0 Å². The maximum absolute atomic E-state index is 12.5. The highest BCUT2D eigenvalue weighted by molar-refractivity contribution is 7.46. The highest BCUT2D eigenvalue weighted by Crippen LogP contribution is 2.38. The fourth-order valence-electron chi connectivity index (χ4n) is 0.616. The van der Waals surface area contributed by atoms with E-state index in [1.54, 1.807) is 6.92 Å². The summed E-state index contributed by atoms with van der Waals surface area (Å²) < 4.78 is 38.7. The van der Waals surface area contributed by atoms with Crippen molar-refractivity contribution in [3.05, 3.63) is 0 Å². The predicted molar refractivity (Wildman–Crippen MR) is 37.9 cm³/mol. The van der Waals surface area contributed by atoms with Gasteiger partial charge in [-0.2, -0.15) is 0 Å². The molecule has 0 rings (SSSR count). The van der Waals surface area contributed by atoms with E-state index in [2.05, 4.69) is 4.52 Å². The van der Waals surface area contributed by atoms with Gasteiger partial charge in [-0.05, 0) is 0 Å². The van der Waals surface area contributed by atoms with Crippen LogP contribution in [0.15, 0.2) is 0 Å². The van der Waals surface area contributed by atoms with Gasteiger partial charge in [0, 0.05) is 6.42 Å². The number of rotatable bonds is 5. The molecule has 0 spiro atoms. The SMILES string of the molecule is CCCC(F)(F)COP(=O)(O)O. The van der Waals surface area contributed by atoms with Crippen molar-refractivity contribution in [2.45, 2.75) is 25.7 Å². The highest BCUT2D eigenvalue weighted by atomic mass is 31.2. The van der Waals surface area contributed by atoms with E-state index in [1.807, 2.05) is 0 Å². The molecule has 0 aromatic rings. The quantitative estimate of drug-likeness (QED) is 0.666. The number of hydrogen-bond acceptors (Lipinski definition) is 2. The maximum atomic E-state index is 12.5. The Balaban J connectivity index is 3.83. The molecule has 0 aromatic heterocycles. The zero-order chi connectivity index (χ0) is 9.83. The second-order valence-electron chi connectivity index (χ2n) is 2.37. The van der Waals surface area contributed by atoms with Crippen molar-refractivity contribution in [2.24, 2.45) is 0 Å². The van der Waals surface area contributed by atoms with Crippen LogP contribution in [0.4, 0.5) is 8.78 Å². The Hall–Kier alpha value is -0.0300. The Morgan fingerprint density at radius 1 is 1.50 bits per heavy atom. The molecule has 0 fully saturated rings. The Labute approximate surface area is 68.8 Å². The number of alkyl halides is 2. The van der Waals surface area contributed by atoms with Crippen LogP contribution in [0.25, 0.3) is 0 Å². The van der Waals surface area contributed by atoms with E-state index in [-0.39, 0.29) is 6.42 Å². The zero-order valence-corrected chi connectivity index (χ0v) is 7.43. The van der Waals surface area contributed by atoms with Gasteiger partial charge in [-0.15, -0.1) is 0 Å². The minimum absolute atomic E-state index is 0.234. The van der Waals surface area contributed by atoms with Gasteiger partial charge in [-0.1, -0.05) is 13.3 Å². The third-order valence-electron chi connectivity index (χ3n) is 1.06. The largest absolute Gasteiger partial charge is 0.469 e. The third-order valence-corrected chi connectivity index (χ3v) is 1.53. The van der Waals surface area contributed by atoms with Gasteiger partial charge in [0.2, 0.25) is 0 Å². The second-order valence-corrected chi connectivity index (χ2v) is 3.61. The molecule has 0 saturated heterocycles. The minimum Gasteiger partial charge on any atom is -0.303 e. The fraction of sp³-hybridized carbons (Fsp3) is 1.00. The monoisotopic (exact) mass is 204 g/mol. The smallest absolute Gasteiger partial charge is 0.303 e. The lowest BCUT2D eigenvalue weighted by Crippen LogP contribution is -2.22. The Morgan fingerprint density at radius 2 is 2.00 bits per heavy atom. The van der Waals surface area contributed by atoms with Crippen LogP contribution in [0.5, 0.6) is 0 Å². The summed E-state index contributed by atoms with van der Waals surface area (Å²) in [4.78, 5) is 16.2. The molecule has 12 heavy (non-hydrogen) atoms. The standard InChI is InChI=1S/C5H11F2O4P/c1-2-3-5(6,7)4-11-12(8,9)10/h2-4H2,1H3,(H2,8,9,10). The summed E-state index contributed by atoms with van der Waals surface area (Å²) in [5.41, 5.74) is 0. The molecule has 0 aliphatic heterocycles. The van der Waals surface area contributed by atoms with Gasteiger partial charge in [-0.25, -0.2) is 13.3 Å². The van der Waals surface area contributed by atoms with E-state index in [9.17, 15) is 13.3 Å². The summed E-state index contributed by atoms with van der Waals surface area (Å²) >= 11 is 0. The molecular weight excluding hydrogens is 193 g/mol. The average Bonchev–Trinajstić information content (AvgIpc) is 1.83. The van der Waals surface area contributed by atoms with Crippen LogP contribution >= 0.6 is 7.82 Å². The lowest BCUT2D eigenvalue weighted by Gasteiger charge is -2.15. The predicted octanol–water partition coefficient (Wildman–Crippen LogP) is 1.53. The van der Waals surface area contributed by atoms with E-state index in [0.717, 1.165) is 0 Å². The molecule has 7 heteroatoms. The molecule has 0 aliphatic rings. The summed E-state index contributed by atoms with van der Waals surface area (Å²) in [6.07, 6.45) is -0.204. The minimum atomic E-state index is -4.77. The molecule has 4 nitrogen and oxygen atoms in total. The van der Waals surface area contributed by atoms with Crippen molar-refractivity contribution in [3.63, 3.8) is 0 Å². The summed E-state index contributed by atoms with van der Waals surface area (Å²) in [6, 6.07) is 0. The number of hydrogen-bond donors (Lipinski definition) is 2. The first-order valence-electron chi connectivity index (χ1n) is 3.35. The fourth-order valence-corrected chi connectivity index (χ4v) is 0.974. The van der Waals surface area contributed by atoms with Gasteiger partial charge in [0.15, 0.2) is 0 Å². The van der Waals surface area contributed by atoms with Crippen LogP contribution < -0.4 is 0 Å². The summed E-state index contributed by atoms with van der Waals surface area (Å²) in [5.74, 6) is -3.16. The maximum Gasteiger partial charge on any atom is 0.469 e. The lowest BCUT2D eigenvalue weighted by atomic mass is 10.2. The van der Waals surface area contributed by atoms with Crippen LogP contribution in [0.2, 0.25) is 0 Å². The molecule has 74 valence electrons. The zero-order valence-electron chi connectivity index (χ0n) is 6.54. The highest BCUT2D eigenvalue weighted by Gasteiger charge is 2.31. The molecule has 0 radical (unpaired) electrons. The lowest BCUT2D eigenvalue weighted by molar-refractivity contribution is -0.0550. The number of phosphoric acid groups is 1. The Kier molecular flexibility index (Phi) is 4.26. The van der Waals surface area contributed by atoms with Crippen molar-refractivity contribution >= 4 is 7.82 Å². The van der Waals surface area contributed by atoms with Gasteiger partial charge >= 0.3 is 7.82 Å². The van der Waals surface area contributed by atoms with Crippen LogP contribution in [0.1, 0.15) is 19.8 Å². The van der Waals surface area contributed by atoms with Crippen molar-refractivity contribution in [1.29, 1.82) is 0 Å². The molecule has 0 bridgehead atoms. The Bertz CT molecular complexity index is 178. The molecule has 2 N–H and O–H groups in total. The van der Waals surface area contributed by atoms with E-state index in [4.69, 9.17) is 9.79 Å². The number of halogens is 2. The normalized spacial score (nSPS) is 13.4. The van der Waals surface area contributed by atoms with Gasteiger partial charge in [-0.3, -0.25) is 4.52 Å². The van der Waals surface area contributed by atoms with Crippen molar-refractivity contribution < 1.29 is 27.7 Å². The summed E-state index contributed by atoms with van der Waals surface area (Å²) in [7, 11) is -4.77. The van der Waals surface area contributed by atoms with Crippen LogP contribution in [-0.2, 0) is 9.09 Å². The topological polar surface area (TPSA) is 66.8 Å². The summed E-state index contributed by atoms with van der Waals surface area (Å²) in [6.45, 7) is 0.316. The van der Waals surface area contributed by atoms with E-state index in [0.29, 0.717) is 0 Å². The molecule has 0 aliphatic carbocycles. The Morgan fingerprint density at radius 3 is 2.33 bits per heavy atom. The first kappa shape index (κ1) is 12.0. The van der Waals surface area contributed by atoms with Gasteiger partial charge in [0.25, 0.3) is 5.92 Å². The molecule has 0 atom stereocenters. The van der Waals surface area contributed by atoms with Crippen LogP contribution in [0.3, 0.4) is 0 Å². The van der Waals surface area contributed by atoms with Crippen LogP contribution in [0, 0.1) is 0 Å². The van der Waals surface area contributed by atoms with Gasteiger partial charge in [0.05, 0.1) is 0 Å². The van der Waals surface area contributed by atoms with Gasteiger partial charge in [0.1, 0.15) is 6.61 Å². The molecule has 0 amide bonds. The molecule has 0 saturated carbocycles. The van der Waals surface area contributed by atoms with Crippen molar-refractivity contribution in [2.75, 3.05) is 6.61 Å². The molecule has 0 unspecified atom stereocenters. The van der Waals surface area contributed by atoms with Crippen molar-refractivity contribution in [3.8, 4) is 0 Å². The molecule has 0 aromatic carbocycles. The van der Waals surface area contributed by atoms with E-state index in [1.165, 1.54) is 0 Å². The second kappa shape index (κ2) is 4.28. The number of phosphoric ester groups is 1. The third kappa shape index (κ3) is 6.67. The molecular formula is C5H11F2O4P. The molecule has 0 heterocycles. The van der Waals surface area contributed by atoms with Gasteiger partial charge < -0.3 is 9.79 Å². The first-order chi connectivity index (χ1) is 5.27. The summed E-state index contributed by atoms with van der Waals surface area (Å²) in [5, 5.41) is 0.